The van der Waals surface area contributed by atoms with Crippen molar-refractivity contribution >= 4 is 5.82 Å². The maximum Gasteiger partial charge on any atom is 0.416 e. The molecule has 3 heterocycles. The fourth-order valence-electron chi connectivity index (χ4n) is 3.42. The summed E-state index contributed by atoms with van der Waals surface area (Å²) in [6.45, 7) is 1.94. The minimum absolute atomic E-state index is 0.342. The molecule has 0 bridgehead atoms. The first-order chi connectivity index (χ1) is 13.0. The number of imidazole rings is 1. The summed E-state index contributed by atoms with van der Waals surface area (Å²) in [5, 5.41) is 0. The second-order valence-corrected chi connectivity index (χ2v) is 6.64. The summed E-state index contributed by atoms with van der Waals surface area (Å²) in [7, 11) is 0. The molecule has 7 heteroatoms. The Balaban J connectivity index is 1.48. The van der Waals surface area contributed by atoms with Gasteiger partial charge in [0, 0.05) is 31.4 Å². The Labute approximate surface area is 155 Å². The number of aryl methyl sites for hydroxylation is 2. The van der Waals surface area contributed by atoms with Crippen molar-refractivity contribution in [3.63, 3.8) is 0 Å². The first-order valence-corrected chi connectivity index (χ1v) is 8.86. The molecule has 1 aliphatic heterocycles. The highest BCUT2D eigenvalue weighted by Crippen LogP contribution is 2.31. The van der Waals surface area contributed by atoms with E-state index < -0.39 is 11.7 Å². The summed E-state index contributed by atoms with van der Waals surface area (Å²) in [6.07, 6.45) is 0.338. The van der Waals surface area contributed by atoms with Crippen LogP contribution in [0, 0.1) is 0 Å². The number of pyridine rings is 1. The molecule has 0 saturated heterocycles. The lowest BCUT2D eigenvalue weighted by atomic mass is 10.1. The highest BCUT2D eigenvalue weighted by atomic mass is 19.4. The van der Waals surface area contributed by atoms with Crippen LogP contribution < -0.4 is 4.90 Å². The molecule has 1 aromatic carbocycles. The van der Waals surface area contributed by atoms with Gasteiger partial charge in [-0.1, -0.05) is 30.3 Å². The zero-order valence-electron chi connectivity index (χ0n) is 14.7. The highest BCUT2D eigenvalue weighted by Gasteiger charge is 2.31. The summed E-state index contributed by atoms with van der Waals surface area (Å²) in [5.41, 5.74) is 2.67. The van der Waals surface area contributed by atoms with Gasteiger partial charge in [0.15, 0.2) is 0 Å². The molecule has 2 aromatic heterocycles. The first-order valence-electron chi connectivity index (χ1n) is 8.86. The molecule has 0 aliphatic carbocycles. The average molecular weight is 372 g/mol. The van der Waals surface area contributed by atoms with E-state index in [1.165, 1.54) is 11.8 Å². The number of hydrogen-bond donors (Lipinski definition) is 0. The van der Waals surface area contributed by atoms with Gasteiger partial charge in [-0.05, 0) is 24.1 Å². The SMILES string of the molecule is FC(F)(F)c1ccnc(N2CCc3c(ncn3CCc3ccccc3)C2)c1. The third-order valence-corrected chi connectivity index (χ3v) is 4.87. The van der Waals surface area contributed by atoms with Gasteiger partial charge in [-0.2, -0.15) is 13.2 Å². The van der Waals surface area contributed by atoms with Crippen LogP contribution in [0.25, 0.3) is 0 Å². The Morgan fingerprint density at radius 1 is 1.04 bits per heavy atom. The Hall–Kier alpha value is -2.83. The second kappa shape index (κ2) is 7.06. The van der Waals surface area contributed by atoms with E-state index in [0.717, 1.165) is 42.9 Å². The quantitative estimate of drug-likeness (QED) is 0.691. The molecule has 1 aliphatic rings. The van der Waals surface area contributed by atoms with Crippen molar-refractivity contribution in [3.8, 4) is 0 Å². The zero-order chi connectivity index (χ0) is 18.9. The largest absolute Gasteiger partial charge is 0.416 e. The van der Waals surface area contributed by atoms with Crippen molar-refractivity contribution in [2.45, 2.75) is 32.1 Å². The molecule has 0 radical (unpaired) electrons. The first kappa shape index (κ1) is 17.6. The molecule has 0 unspecified atom stereocenters. The van der Waals surface area contributed by atoms with Crippen molar-refractivity contribution in [3.05, 3.63) is 77.5 Å². The van der Waals surface area contributed by atoms with E-state index in [1.54, 1.807) is 0 Å². The smallest absolute Gasteiger partial charge is 0.350 e. The molecule has 27 heavy (non-hydrogen) atoms. The molecule has 0 N–H and O–H groups in total. The Kier molecular flexibility index (Phi) is 4.59. The van der Waals surface area contributed by atoms with Crippen molar-refractivity contribution in [2.24, 2.45) is 0 Å². The summed E-state index contributed by atoms with van der Waals surface area (Å²) < 4.78 is 41.0. The van der Waals surface area contributed by atoms with Gasteiger partial charge in [0.05, 0.1) is 24.1 Å². The van der Waals surface area contributed by atoms with E-state index >= 15 is 0 Å². The number of benzene rings is 1. The van der Waals surface area contributed by atoms with Crippen LogP contribution in [0.15, 0.2) is 55.0 Å². The minimum Gasteiger partial charge on any atom is -0.350 e. The molecule has 4 nitrogen and oxygen atoms in total. The van der Waals surface area contributed by atoms with Gasteiger partial charge in [0.2, 0.25) is 0 Å². The lowest BCUT2D eigenvalue weighted by molar-refractivity contribution is -0.137. The third-order valence-electron chi connectivity index (χ3n) is 4.87. The van der Waals surface area contributed by atoms with Crippen molar-refractivity contribution < 1.29 is 13.2 Å². The molecule has 0 spiro atoms. The topological polar surface area (TPSA) is 34.0 Å². The summed E-state index contributed by atoms with van der Waals surface area (Å²) in [4.78, 5) is 10.5. The van der Waals surface area contributed by atoms with Crippen LogP contribution in [0.5, 0.6) is 0 Å². The van der Waals surface area contributed by atoms with E-state index in [1.807, 2.05) is 29.4 Å². The average Bonchev–Trinajstić information content (AvgIpc) is 3.09. The Morgan fingerprint density at radius 2 is 1.85 bits per heavy atom. The lowest BCUT2D eigenvalue weighted by Crippen LogP contribution is -2.32. The van der Waals surface area contributed by atoms with Gasteiger partial charge < -0.3 is 9.47 Å². The molecular weight excluding hydrogens is 353 g/mol. The molecule has 4 rings (SSSR count). The van der Waals surface area contributed by atoms with Crippen molar-refractivity contribution in [2.75, 3.05) is 11.4 Å². The van der Waals surface area contributed by atoms with Crippen LogP contribution in [0.4, 0.5) is 19.0 Å². The van der Waals surface area contributed by atoms with Gasteiger partial charge in [0.25, 0.3) is 0 Å². The maximum absolute atomic E-state index is 12.9. The van der Waals surface area contributed by atoms with Crippen LogP contribution >= 0.6 is 0 Å². The lowest BCUT2D eigenvalue weighted by Gasteiger charge is -2.28. The number of hydrogen-bond acceptors (Lipinski definition) is 3. The van der Waals surface area contributed by atoms with Crippen LogP contribution in [-0.4, -0.2) is 21.1 Å². The number of halogens is 3. The fourth-order valence-corrected chi connectivity index (χ4v) is 3.42. The van der Waals surface area contributed by atoms with Gasteiger partial charge >= 0.3 is 6.18 Å². The van der Waals surface area contributed by atoms with Crippen LogP contribution in [0.1, 0.15) is 22.5 Å². The van der Waals surface area contributed by atoms with Gasteiger partial charge in [-0.15, -0.1) is 0 Å². The van der Waals surface area contributed by atoms with Crippen LogP contribution in [0.2, 0.25) is 0 Å². The molecule has 3 aromatic rings. The molecule has 0 fully saturated rings. The third kappa shape index (κ3) is 3.82. The van der Waals surface area contributed by atoms with E-state index in [2.05, 4.69) is 26.7 Å². The van der Waals surface area contributed by atoms with E-state index in [4.69, 9.17) is 0 Å². The number of anilines is 1. The molecule has 0 atom stereocenters. The number of rotatable bonds is 4. The number of aromatic nitrogens is 3. The highest BCUT2D eigenvalue weighted by molar-refractivity contribution is 5.44. The predicted molar refractivity (Wildman–Crippen MR) is 96.4 cm³/mol. The minimum atomic E-state index is -4.36. The van der Waals surface area contributed by atoms with E-state index in [9.17, 15) is 13.2 Å². The van der Waals surface area contributed by atoms with Crippen LogP contribution in [0.3, 0.4) is 0 Å². The summed E-state index contributed by atoms with van der Waals surface area (Å²) in [6, 6.07) is 12.4. The molecule has 140 valence electrons. The van der Waals surface area contributed by atoms with Gasteiger partial charge in [0.1, 0.15) is 5.82 Å². The molecule has 0 amide bonds. The second-order valence-electron chi connectivity index (χ2n) is 6.64. The normalized spacial score (nSPS) is 14.3. The monoisotopic (exact) mass is 372 g/mol. The summed E-state index contributed by atoms with van der Waals surface area (Å²) >= 11 is 0. The number of alkyl halides is 3. The van der Waals surface area contributed by atoms with E-state index in [-0.39, 0.29) is 0 Å². The van der Waals surface area contributed by atoms with Gasteiger partial charge in [-0.3, -0.25) is 0 Å². The van der Waals surface area contributed by atoms with Crippen molar-refractivity contribution in [1.29, 1.82) is 0 Å². The maximum atomic E-state index is 12.9. The summed E-state index contributed by atoms with van der Waals surface area (Å²) in [5.74, 6) is 0.342. The Morgan fingerprint density at radius 3 is 2.63 bits per heavy atom. The van der Waals surface area contributed by atoms with Crippen LogP contribution in [-0.2, 0) is 32.1 Å². The molecular formula is C20H19F3N4. The Bertz CT molecular complexity index is 918. The van der Waals surface area contributed by atoms with E-state index in [0.29, 0.717) is 18.9 Å². The zero-order valence-corrected chi connectivity index (χ0v) is 14.7. The van der Waals surface area contributed by atoms with Gasteiger partial charge in [-0.25, -0.2) is 9.97 Å². The number of fused-ring (bicyclic) bond motifs is 1. The predicted octanol–water partition coefficient (Wildman–Crippen LogP) is 4.10. The van der Waals surface area contributed by atoms with Crippen molar-refractivity contribution in [1.82, 2.24) is 14.5 Å². The number of nitrogens with zero attached hydrogens (tertiary/aromatic N) is 4. The standard InChI is InChI=1S/C20H19F3N4/c21-20(22,23)16-6-9-24-19(12-16)26-11-8-18-17(13-26)25-14-27(18)10-7-15-4-2-1-3-5-15/h1-6,9,12,14H,7-8,10-11,13H2. The fraction of sp³-hybridized carbons (Fsp3) is 0.300. The molecule has 0 saturated carbocycles.